The minimum absolute atomic E-state index is 0.335. The number of hydrogen-bond donors (Lipinski definition) is 1. The Labute approximate surface area is 108 Å². The number of aromatic nitrogens is 1. The molecule has 0 radical (unpaired) electrons. The van der Waals surface area contributed by atoms with Crippen LogP contribution in [0.3, 0.4) is 0 Å². The minimum atomic E-state index is 0.335. The molecule has 0 bridgehead atoms. The fourth-order valence-electron chi connectivity index (χ4n) is 2.09. The molecule has 18 heavy (non-hydrogen) atoms. The Kier molecular flexibility index (Phi) is 4.15. The van der Waals surface area contributed by atoms with Gasteiger partial charge < -0.3 is 9.84 Å². The summed E-state index contributed by atoms with van der Waals surface area (Å²) in [5.74, 6) is 0.527. The molecule has 0 spiro atoms. The second-order valence-corrected chi connectivity index (χ2v) is 4.96. The van der Waals surface area contributed by atoms with Crippen LogP contribution in [0.4, 0.5) is 0 Å². The van der Waals surface area contributed by atoms with Crippen molar-refractivity contribution < 1.29 is 4.52 Å². The van der Waals surface area contributed by atoms with Crippen molar-refractivity contribution in [2.45, 2.75) is 33.4 Å². The Morgan fingerprint density at radius 3 is 2.50 bits per heavy atom. The zero-order valence-electron chi connectivity index (χ0n) is 11.2. The van der Waals surface area contributed by atoms with Crippen molar-refractivity contribution in [3.8, 4) is 0 Å². The summed E-state index contributed by atoms with van der Waals surface area (Å²) < 4.78 is 4.95. The molecule has 0 fully saturated rings. The molecule has 1 N–H and O–H groups in total. The average Bonchev–Trinajstić information content (AvgIpc) is 2.76. The normalized spacial score (nSPS) is 12.9. The summed E-state index contributed by atoms with van der Waals surface area (Å²) in [5, 5.41) is 7.56. The molecular weight excluding hydrogens is 224 g/mol. The Balaban J connectivity index is 2.06. The molecule has 2 rings (SSSR count). The average molecular weight is 244 g/mol. The van der Waals surface area contributed by atoms with Gasteiger partial charge in [-0.2, -0.15) is 0 Å². The Bertz CT molecular complexity index is 476. The van der Waals surface area contributed by atoms with Gasteiger partial charge in [0, 0.05) is 18.2 Å². The van der Waals surface area contributed by atoms with Crippen molar-refractivity contribution in [2.24, 2.45) is 5.92 Å². The van der Waals surface area contributed by atoms with Crippen molar-refractivity contribution in [1.82, 2.24) is 10.5 Å². The first kappa shape index (κ1) is 12.8. The van der Waals surface area contributed by atoms with Crippen LogP contribution in [-0.2, 0) is 6.54 Å². The molecule has 0 saturated carbocycles. The van der Waals surface area contributed by atoms with Gasteiger partial charge in [-0.05, 0) is 18.4 Å². The van der Waals surface area contributed by atoms with Crippen molar-refractivity contribution in [3.05, 3.63) is 53.4 Å². The van der Waals surface area contributed by atoms with E-state index in [9.17, 15) is 0 Å². The first-order valence-corrected chi connectivity index (χ1v) is 6.36. The van der Waals surface area contributed by atoms with Crippen LogP contribution in [0.25, 0.3) is 0 Å². The molecule has 1 aromatic carbocycles. The zero-order chi connectivity index (χ0) is 13.0. The van der Waals surface area contributed by atoms with Crippen LogP contribution in [-0.4, -0.2) is 5.16 Å². The quantitative estimate of drug-likeness (QED) is 0.875. The van der Waals surface area contributed by atoms with Gasteiger partial charge in [0.15, 0.2) is 0 Å². The van der Waals surface area contributed by atoms with E-state index in [2.05, 4.69) is 48.6 Å². The standard InChI is InChI=1S/C15H20N2O/c1-11(2)15(13-7-5-4-6-8-13)16-9-14-12(3)10-18-17-14/h4-8,10-11,15-16H,9H2,1-3H3. The van der Waals surface area contributed by atoms with Crippen molar-refractivity contribution in [2.75, 3.05) is 0 Å². The highest BCUT2D eigenvalue weighted by Crippen LogP contribution is 2.22. The van der Waals surface area contributed by atoms with Crippen LogP contribution in [0.1, 0.15) is 36.7 Å². The fourth-order valence-corrected chi connectivity index (χ4v) is 2.09. The van der Waals surface area contributed by atoms with E-state index in [1.807, 2.05) is 13.0 Å². The molecule has 0 amide bonds. The van der Waals surface area contributed by atoms with Gasteiger partial charge in [0.2, 0.25) is 0 Å². The van der Waals surface area contributed by atoms with E-state index in [-0.39, 0.29) is 0 Å². The van der Waals surface area contributed by atoms with Gasteiger partial charge in [-0.3, -0.25) is 0 Å². The van der Waals surface area contributed by atoms with Crippen LogP contribution in [0, 0.1) is 12.8 Å². The molecule has 2 aromatic rings. The second kappa shape index (κ2) is 5.83. The van der Waals surface area contributed by atoms with Crippen LogP contribution in [0.15, 0.2) is 41.1 Å². The van der Waals surface area contributed by atoms with E-state index >= 15 is 0 Å². The lowest BCUT2D eigenvalue weighted by Gasteiger charge is -2.22. The Morgan fingerprint density at radius 1 is 1.22 bits per heavy atom. The van der Waals surface area contributed by atoms with E-state index in [4.69, 9.17) is 4.52 Å². The number of aryl methyl sites for hydroxylation is 1. The Hall–Kier alpha value is -1.61. The van der Waals surface area contributed by atoms with Gasteiger partial charge in [-0.25, -0.2) is 0 Å². The highest BCUT2D eigenvalue weighted by molar-refractivity contribution is 5.20. The third-order valence-corrected chi connectivity index (χ3v) is 3.16. The molecule has 1 heterocycles. The summed E-state index contributed by atoms with van der Waals surface area (Å²) in [7, 11) is 0. The maximum Gasteiger partial charge on any atom is 0.127 e. The maximum atomic E-state index is 4.95. The number of nitrogens with zero attached hydrogens (tertiary/aromatic N) is 1. The third kappa shape index (κ3) is 2.99. The van der Waals surface area contributed by atoms with Gasteiger partial charge in [0.25, 0.3) is 0 Å². The molecule has 0 aliphatic rings. The highest BCUT2D eigenvalue weighted by Gasteiger charge is 2.15. The first-order chi connectivity index (χ1) is 8.68. The zero-order valence-corrected chi connectivity index (χ0v) is 11.2. The molecular formula is C15H20N2O. The van der Waals surface area contributed by atoms with Crippen LogP contribution < -0.4 is 5.32 Å². The summed E-state index contributed by atoms with van der Waals surface area (Å²) in [6, 6.07) is 10.9. The van der Waals surface area contributed by atoms with E-state index in [0.29, 0.717) is 12.0 Å². The van der Waals surface area contributed by atoms with Crippen molar-refractivity contribution >= 4 is 0 Å². The third-order valence-electron chi connectivity index (χ3n) is 3.16. The maximum absolute atomic E-state index is 4.95. The monoisotopic (exact) mass is 244 g/mol. The summed E-state index contributed by atoms with van der Waals surface area (Å²) in [5.41, 5.74) is 3.39. The van der Waals surface area contributed by atoms with Gasteiger partial charge in [0.05, 0.1) is 0 Å². The predicted molar refractivity (Wildman–Crippen MR) is 72.1 cm³/mol. The lowest BCUT2D eigenvalue weighted by molar-refractivity contribution is 0.384. The van der Waals surface area contributed by atoms with E-state index in [1.165, 1.54) is 5.56 Å². The molecule has 96 valence electrons. The van der Waals surface area contributed by atoms with Crippen LogP contribution in [0.2, 0.25) is 0 Å². The lowest BCUT2D eigenvalue weighted by Crippen LogP contribution is -2.25. The van der Waals surface area contributed by atoms with Gasteiger partial charge >= 0.3 is 0 Å². The predicted octanol–water partition coefficient (Wildman–Crippen LogP) is 3.47. The molecule has 0 saturated heterocycles. The Morgan fingerprint density at radius 2 is 1.94 bits per heavy atom. The lowest BCUT2D eigenvalue weighted by atomic mass is 9.96. The van der Waals surface area contributed by atoms with Crippen molar-refractivity contribution in [1.29, 1.82) is 0 Å². The largest absolute Gasteiger partial charge is 0.364 e. The molecule has 1 atom stereocenters. The van der Waals surface area contributed by atoms with Gasteiger partial charge in [-0.1, -0.05) is 49.3 Å². The summed E-state index contributed by atoms with van der Waals surface area (Å²) in [4.78, 5) is 0. The number of hydrogen-bond acceptors (Lipinski definition) is 3. The molecule has 0 aliphatic carbocycles. The topological polar surface area (TPSA) is 38.1 Å². The SMILES string of the molecule is Cc1conc1CNC(c1ccccc1)C(C)C. The summed E-state index contributed by atoms with van der Waals surface area (Å²) >= 11 is 0. The molecule has 1 unspecified atom stereocenters. The first-order valence-electron chi connectivity index (χ1n) is 6.36. The smallest absolute Gasteiger partial charge is 0.127 e. The second-order valence-electron chi connectivity index (χ2n) is 4.96. The van der Waals surface area contributed by atoms with Crippen molar-refractivity contribution in [3.63, 3.8) is 0 Å². The van der Waals surface area contributed by atoms with E-state index in [0.717, 1.165) is 17.8 Å². The molecule has 3 nitrogen and oxygen atoms in total. The number of rotatable bonds is 5. The number of nitrogens with one attached hydrogen (secondary N) is 1. The highest BCUT2D eigenvalue weighted by atomic mass is 16.5. The summed E-state index contributed by atoms with van der Waals surface area (Å²) in [6.07, 6.45) is 1.68. The van der Waals surface area contributed by atoms with Gasteiger partial charge in [-0.15, -0.1) is 0 Å². The summed E-state index contributed by atoms with van der Waals surface area (Å²) in [6.45, 7) is 7.20. The molecule has 1 aromatic heterocycles. The fraction of sp³-hybridized carbons (Fsp3) is 0.400. The molecule has 0 aliphatic heterocycles. The van der Waals surface area contributed by atoms with Crippen LogP contribution >= 0.6 is 0 Å². The molecule has 3 heteroatoms. The minimum Gasteiger partial charge on any atom is -0.364 e. The number of benzene rings is 1. The van der Waals surface area contributed by atoms with Gasteiger partial charge in [0.1, 0.15) is 12.0 Å². The van der Waals surface area contributed by atoms with E-state index < -0.39 is 0 Å². The van der Waals surface area contributed by atoms with Crippen LogP contribution in [0.5, 0.6) is 0 Å². The van der Waals surface area contributed by atoms with E-state index in [1.54, 1.807) is 6.26 Å².